The van der Waals surface area contributed by atoms with E-state index in [1.165, 1.54) is 18.7 Å². The van der Waals surface area contributed by atoms with Crippen LogP contribution in [-0.4, -0.2) is 27.0 Å². The number of hydrogen-bond donors (Lipinski definition) is 1. The number of Topliss-reactive ketones (excluding diaryl/α,β-unsaturated/α-hetero) is 1. The lowest BCUT2D eigenvalue weighted by Gasteiger charge is -2.14. The molecule has 1 amide bonds. The molecule has 1 aromatic heterocycles. The SMILES string of the molecule is CC(=O)NC(C)c1ccc(C(=O)CSc2nc3cc(Cl)ccc3c(=O)n2CCC(C)C)cc1. The van der Waals surface area contributed by atoms with Crippen LogP contribution in [0.5, 0.6) is 0 Å². The number of nitrogens with zero attached hydrogens (tertiary/aromatic N) is 2. The second kappa shape index (κ2) is 11.0. The lowest BCUT2D eigenvalue weighted by atomic mass is 10.0. The van der Waals surface area contributed by atoms with Gasteiger partial charge >= 0.3 is 0 Å². The Morgan fingerprint density at radius 2 is 1.82 bits per heavy atom. The highest BCUT2D eigenvalue weighted by atomic mass is 35.5. The molecular formula is C25H28ClN3O3S. The molecule has 0 aliphatic rings. The third-order valence-corrected chi connectivity index (χ3v) is 6.51. The minimum Gasteiger partial charge on any atom is -0.350 e. The van der Waals surface area contributed by atoms with Gasteiger partial charge < -0.3 is 5.32 Å². The Balaban J connectivity index is 1.82. The molecule has 0 aliphatic carbocycles. The third-order valence-electron chi connectivity index (χ3n) is 5.30. The van der Waals surface area contributed by atoms with Crippen LogP contribution in [0.2, 0.25) is 5.02 Å². The van der Waals surface area contributed by atoms with Crippen molar-refractivity contribution in [1.82, 2.24) is 14.9 Å². The van der Waals surface area contributed by atoms with E-state index in [4.69, 9.17) is 11.6 Å². The summed E-state index contributed by atoms with van der Waals surface area (Å²) in [5.74, 6) is 0.415. The van der Waals surface area contributed by atoms with E-state index in [1.807, 2.05) is 19.1 Å². The van der Waals surface area contributed by atoms with Gasteiger partial charge in [-0.05, 0) is 43.0 Å². The molecule has 1 heterocycles. The fourth-order valence-electron chi connectivity index (χ4n) is 3.43. The highest BCUT2D eigenvalue weighted by molar-refractivity contribution is 7.99. The summed E-state index contributed by atoms with van der Waals surface area (Å²) in [5.41, 5.74) is 1.90. The first kappa shape index (κ1) is 25.0. The number of amides is 1. The highest BCUT2D eigenvalue weighted by Crippen LogP contribution is 2.23. The summed E-state index contributed by atoms with van der Waals surface area (Å²) in [6, 6.07) is 12.1. The van der Waals surface area contributed by atoms with Gasteiger partial charge in [0.15, 0.2) is 10.9 Å². The Hall–Kier alpha value is -2.64. The van der Waals surface area contributed by atoms with Crippen molar-refractivity contribution in [1.29, 1.82) is 0 Å². The van der Waals surface area contributed by atoms with E-state index in [0.29, 0.717) is 39.1 Å². The fraction of sp³-hybridized carbons (Fsp3) is 0.360. The van der Waals surface area contributed by atoms with Crippen LogP contribution in [0.15, 0.2) is 52.4 Å². The minimum absolute atomic E-state index is 0.0606. The maximum absolute atomic E-state index is 13.1. The van der Waals surface area contributed by atoms with Crippen molar-refractivity contribution in [3.05, 3.63) is 69.0 Å². The zero-order chi connectivity index (χ0) is 24.1. The van der Waals surface area contributed by atoms with Gasteiger partial charge in [-0.1, -0.05) is 61.5 Å². The summed E-state index contributed by atoms with van der Waals surface area (Å²) in [4.78, 5) is 41.9. The number of carbonyl (C=O) groups is 2. The van der Waals surface area contributed by atoms with E-state index in [0.717, 1.165) is 12.0 Å². The monoisotopic (exact) mass is 485 g/mol. The largest absolute Gasteiger partial charge is 0.350 e. The fourth-order valence-corrected chi connectivity index (χ4v) is 4.51. The second-order valence-electron chi connectivity index (χ2n) is 8.45. The number of rotatable bonds is 9. The molecule has 0 spiro atoms. The van der Waals surface area contributed by atoms with Crippen LogP contribution in [0.25, 0.3) is 10.9 Å². The second-order valence-corrected chi connectivity index (χ2v) is 9.83. The van der Waals surface area contributed by atoms with Crippen LogP contribution in [-0.2, 0) is 11.3 Å². The Morgan fingerprint density at radius 3 is 2.45 bits per heavy atom. The third kappa shape index (κ3) is 6.45. The number of aromatic nitrogens is 2. The van der Waals surface area contributed by atoms with Crippen molar-refractivity contribution in [2.45, 2.75) is 51.9 Å². The average Bonchev–Trinajstić information content (AvgIpc) is 2.76. The number of ketones is 1. The van der Waals surface area contributed by atoms with Gasteiger partial charge in [0.25, 0.3) is 5.56 Å². The first-order chi connectivity index (χ1) is 15.7. The zero-order valence-electron chi connectivity index (χ0n) is 19.2. The van der Waals surface area contributed by atoms with Gasteiger partial charge in [0.2, 0.25) is 5.91 Å². The molecule has 6 nitrogen and oxygen atoms in total. The molecule has 33 heavy (non-hydrogen) atoms. The van der Waals surface area contributed by atoms with E-state index >= 15 is 0 Å². The van der Waals surface area contributed by atoms with E-state index < -0.39 is 0 Å². The summed E-state index contributed by atoms with van der Waals surface area (Å²) in [7, 11) is 0. The Kier molecular flexibility index (Phi) is 8.32. The molecule has 2 aromatic carbocycles. The van der Waals surface area contributed by atoms with Crippen molar-refractivity contribution in [2.75, 3.05) is 5.75 Å². The van der Waals surface area contributed by atoms with Gasteiger partial charge in [0.1, 0.15) is 0 Å². The number of fused-ring (bicyclic) bond motifs is 1. The predicted molar refractivity (Wildman–Crippen MR) is 134 cm³/mol. The Labute approximate surface area is 202 Å². The number of carbonyl (C=O) groups excluding carboxylic acids is 2. The summed E-state index contributed by atoms with van der Waals surface area (Å²) in [6.07, 6.45) is 0.829. The van der Waals surface area contributed by atoms with Crippen LogP contribution in [0.4, 0.5) is 0 Å². The van der Waals surface area contributed by atoms with Gasteiger partial charge in [-0.2, -0.15) is 0 Å². The van der Waals surface area contributed by atoms with E-state index in [9.17, 15) is 14.4 Å². The predicted octanol–water partition coefficient (Wildman–Crippen LogP) is 5.27. The van der Waals surface area contributed by atoms with Crippen LogP contribution in [0.1, 0.15) is 56.1 Å². The average molecular weight is 486 g/mol. The standard InChI is InChI=1S/C25H28ClN3O3S/c1-15(2)11-12-29-24(32)21-10-9-20(26)13-22(21)28-25(29)33-14-23(31)19-7-5-18(6-8-19)16(3)27-17(4)30/h5-10,13,15-16H,11-12,14H2,1-4H3,(H,27,30). The normalized spacial score (nSPS) is 12.2. The molecular weight excluding hydrogens is 458 g/mol. The molecule has 0 bridgehead atoms. The zero-order valence-corrected chi connectivity index (χ0v) is 20.8. The number of nitrogens with one attached hydrogen (secondary N) is 1. The number of benzene rings is 2. The molecule has 3 aromatic rings. The summed E-state index contributed by atoms with van der Waals surface area (Å²) in [6.45, 7) is 8.11. The highest BCUT2D eigenvalue weighted by Gasteiger charge is 2.15. The van der Waals surface area contributed by atoms with Crippen LogP contribution < -0.4 is 10.9 Å². The van der Waals surface area contributed by atoms with Crippen molar-refractivity contribution in [2.24, 2.45) is 5.92 Å². The van der Waals surface area contributed by atoms with Crippen LogP contribution in [0, 0.1) is 5.92 Å². The summed E-state index contributed by atoms with van der Waals surface area (Å²) in [5, 5.41) is 4.37. The first-order valence-electron chi connectivity index (χ1n) is 10.9. The van der Waals surface area contributed by atoms with E-state index in [2.05, 4.69) is 24.1 Å². The van der Waals surface area contributed by atoms with E-state index in [1.54, 1.807) is 34.9 Å². The maximum atomic E-state index is 13.1. The molecule has 8 heteroatoms. The summed E-state index contributed by atoms with van der Waals surface area (Å²) < 4.78 is 1.66. The maximum Gasteiger partial charge on any atom is 0.262 e. The molecule has 3 rings (SSSR count). The van der Waals surface area contributed by atoms with Crippen molar-refractivity contribution in [3.8, 4) is 0 Å². The number of thioether (sulfide) groups is 1. The first-order valence-corrected chi connectivity index (χ1v) is 12.2. The molecule has 1 N–H and O–H groups in total. The lowest BCUT2D eigenvalue weighted by molar-refractivity contribution is -0.119. The molecule has 174 valence electrons. The Morgan fingerprint density at radius 1 is 1.12 bits per heavy atom. The van der Waals surface area contributed by atoms with Crippen molar-refractivity contribution >= 4 is 46.0 Å². The topological polar surface area (TPSA) is 81.1 Å². The van der Waals surface area contributed by atoms with Gasteiger partial charge in [-0.25, -0.2) is 4.98 Å². The molecule has 0 saturated carbocycles. The molecule has 1 atom stereocenters. The minimum atomic E-state index is -0.134. The van der Waals surface area contributed by atoms with Gasteiger partial charge in [-0.15, -0.1) is 0 Å². The molecule has 0 radical (unpaired) electrons. The molecule has 0 fully saturated rings. The lowest BCUT2D eigenvalue weighted by Crippen LogP contribution is -2.24. The van der Waals surface area contributed by atoms with Gasteiger partial charge in [0, 0.05) is 24.1 Å². The number of halogens is 1. The van der Waals surface area contributed by atoms with Crippen LogP contribution in [0.3, 0.4) is 0 Å². The van der Waals surface area contributed by atoms with Crippen molar-refractivity contribution < 1.29 is 9.59 Å². The summed E-state index contributed by atoms with van der Waals surface area (Å²) >= 11 is 7.36. The number of hydrogen-bond acceptors (Lipinski definition) is 5. The molecule has 0 aliphatic heterocycles. The Bertz CT molecular complexity index is 1220. The van der Waals surface area contributed by atoms with Gasteiger partial charge in [-0.3, -0.25) is 19.0 Å². The van der Waals surface area contributed by atoms with Crippen LogP contribution >= 0.6 is 23.4 Å². The quantitative estimate of drug-likeness (QED) is 0.254. The smallest absolute Gasteiger partial charge is 0.262 e. The van der Waals surface area contributed by atoms with E-state index in [-0.39, 0.29) is 29.0 Å². The van der Waals surface area contributed by atoms with Gasteiger partial charge in [0.05, 0.1) is 22.7 Å². The van der Waals surface area contributed by atoms with Crippen molar-refractivity contribution in [3.63, 3.8) is 0 Å². The molecule has 1 unspecified atom stereocenters. The molecule has 0 saturated heterocycles.